The van der Waals surface area contributed by atoms with Gasteiger partial charge in [-0.2, -0.15) is 0 Å². The summed E-state index contributed by atoms with van der Waals surface area (Å²) < 4.78 is 10.2. The molecular weight excluding hydrogens is 254 g/mol. The first kappa shape index (κ1) is 14.9. The van der Waals surface area contributed by atoms with Crippen LogP contribution in [-0.4, -0.2) is 31.8 Å². The molecule has 0 radical (unpaired) electrons. The van der Waals surface area contributed by atoms with Gasteiger partial charge in [0.25, 0.3) is 0 Å². The Morgan fingerprint density at radius 1 is 1.35 bits per heavy atom. The second-order valence-electron chi connectivity index (χ2n) is 5.28. The van der Waals surface area contributed by atoms with Crippen LogP contribution in [0.5, 0.6) is 5.75 Å². The molecular formula is C16H23NO3. The molecule has 110 valence electrons. The SMILES string of the molecule is CCOC(=O)C(C)NC1CC(c2ccc(OC)cc2)C1. The molecule has 1 saturated carbocycles. The van der Waals surface area contributed by atoms with Crippen LogP contribution in [0.4, 0.5) is 0 Å². The molecule has 0 amide bonds. The topological polar surface area (TPSA) is 47.6 Å². The van der Waals surface area contributed by atoms with Gasteiger partial charge in [0, 0.05) is 6.04 Å². The van der Waals surface area contributed by atoms with Gasteiger partial charge in [-0.25, -0.2) is 0 Å². The van der Waals surface area contributed by atoms with E-state index >= 15 is 0 Å². The van der Waals surface area contributed by atoms with E-state index in [0.29, 0.717) is 18.6 Å². The summed E-state index contributed by atoms with van der Waals surface area (Å²) in [6.07, 6.45) is 2.13. The molecule has 0 aliphatic heterocycles. The predicted octanol–water partition coefficient (Wildman–Crippen LogP) is 2.48. The summed E-state index contributed by atoms with van der Waals surface area (Å²) in [5.74, 6) is 1.30. The minimum atomic E-state index is -0.225. The fraction of sp³-hybridized carbons (Fsp3) is 0.562. The van der Waals surface area contributed by atoms with E-state index in [1.54, 1.807) is 7.11 Å². The lowest BCUT2D eigenvalue weighted by atomic mass is 9.75. The molecule has 1 atom stereocenters. The Hall–Kier alpha value is -1.55. The Bertz CT molecular complexity index is 438. The minimum Gasteiger partial charge on any atom is -0.497 e. The number of carbonyl (C=O) groups excluding carboxylic acids is 1. The van der Waals surface area contributed by atoms with Crippen LogP contribution in [0.1, 0.15) is 38.2 Å². The number of esters is 1. The second kappa shape index (κ2) is 6.75. The number of carbonyl (C=O) groups is 1. The monoisotopic (exact) mass is 277 g/mol. The summed E-state index contributed by atoms with van der Waals surface area (Å²) in [6.45, 7) is 4.12. The zero-order valence-electron chi connectivity index (χ0n) is 12.4. The van der Waals surface area contributed by atoms with Crippen LogP contribution < -0.4 is 10.1 Å². The molecule has 4 nitrogen and oxygen atoms in total. The molecule has 1 unspecified atom stereocenters. The molecule has 0 bridgehead atoms. The number of rotatable bonds is 6. The van der Waals surface area contributed by atoms with Crippen molar-refractivity contribution in [2.45, 2.75) is 44.7 Å². The van der Waals surface area contributed by atoms with Crippen molar-refractivity contribution in [1.29, 1.82) is 0 Å². The highest BCUT2D eigenvalue weighted by Crippen LogP contribution is 2.37. The maximum Gasteiger partial charge on any atom is 0.322 e. The Balaban J connectivity index is 1.77. The molecule has 1 aliphatic carbocycles. The van der Waals surface area contributed by atoms with Gasteiger partial charge in [0.15, 0.2) is 0 Å². The third-order valence-corrected chi connectivity index (χ3v) is 3.85. The maximum atomic E-state index is 11.5. The largest absolute Gasteiger partial charge is 0.497 e. The summed E-state index contributed by atoms with van der Waals surface area (Å²) in [5, 5.41) is 3.32. The Kier molecular flexibility index (Phi) is 5.01. The van der Waals surface area contributed by atoms with Gasteiger partial charge in [-0.3, -0.25) is 4.79 Å². The molecule has 1 aromatic carbocycles. The third kappa shape index (κ3) is 3.51. The predicted molar refractivity (Wildman–Crippen MR) is 78.0 cm³/mol. The summed E-state index contributed by atoms with van der Waals surface area (Å²) in [6, 6.07) is 8.41. The van der Waals surface area contributed by atoms with Crippen LogP contribution in [0, 0.1) is 0 Å². The highest BCUT2D eigenvalue weighted by molar-refractivity contribution is 5.75. The van der Waals surface area contributed by atoms with E-state index in [2.05, 4.69) is 17.4 Å². The van der Waals surface area contributed by atoms with Gasteiger partial charge in [0.05, 0.1) is 13.7 Å². The molecule has 0 saturated heterocycles. The number of hydrogen-bond donors (Lipinski definition) is 1. The fourth-order valence-corrected chi connectivity index (χ4v) is 2.59. The van der Waals surface area contributed by atoms with E-state index in [0.717, 1.165) is 18.6 Å². The minimum absolute atomic E-state index is 0.166. The average molecular weight is 277 g/mol. The molecule has 20 heavy (non-hydrogen) atoms. The van der Waals surface area contributed by atoms with Gasteiger partial charge >= 0.3 is 5.97 Å². The lowest BCUT2D eigenvalue weighted by Crippen LogP contribution is -2.47. The van der Waals surface area contributed by atoms with E-state index in [-0.39, 0.29) is 12.0 Å². The van der Waals surface area contributed by atoms with E-state index in [1.807, 2.05) is 26.0 Å². The first-order valence-electron chi connectivity index (χ1n) is 7.20. The Morgan fingerprint density at radius 3 is 2.55 bits per heavy atom. The van der Waals surface area contributed by atoms with Crippen molar-refractivity contribution in [1.82, 2.24) is 5.32 Å². The number of ether oxygens (including phenoxy) is 2. The van der Waals surface area contributed by atoms with Gasteiger partial charge in [-0.05, 0) is 50.3 Å². The highest BCUT2D eigenvalue weighted by Gasteiger charge is 2.32. The van der Waals surface area contributed by atoms with Crippen LogP contribution in [0.2, 0.25) is 0 Å². The van der Waals surface area contributed by atoms with Crippen molar-refractivity contribution in [3.05, 3.63) is 29.8 Å². The van der Waals surface area contributed by atoms with Crippen LogP contribution in [0.15, 0.2) is 24.3 Å². The first-order chi connectivity index (χ1) is 9.63. The maximum absolute atomic E-state index is 11.5. The molecule has 0 spiro atoms. The van der Waals surface area contributed by atoms with E-state index in [4.69, 9.17) is 9.47 Å². The molecule has 1 fully saturated rings. The van der Waals surface area contributed by atoms with Gasteiger partial charge in [-0.1, -0.05) is 12.1 Å². The molecule has 1 N–H and O–H groups in total. The summed E-state index contributed by atoms with van der Waals surface area (Å²) in [5.41, 5.74) is 1.34. The standard InChI is InChI=1S/C16H23NO3/c1-4-20-16(18)11(2)17-14-9-13(10-14)12-5-7-15(19-3)8-6-12/h5-8,11,13-14,17H,4,9-10H2,1-3H3. The molecule has 0 heterocycles. The zero-order valence-corrected chi connectivity index (χ0v) is 12.4. The zero-order chi connectivity index (χ0) is 14.5. The average Bonchev–Trinajstić information content (AvgIpc) is 2.42. The van der Waals surface area contributed by atoms with Crippen LogP contribution in [-0.2, 0) is 9.53 Å². The normalized spacial score (nSPS) is 22.8. The quantitative estimate of drug-likeness (QED) is 0.812. The fourth-order valence-electron chi connectivity index (χ4n) is 2.59. The summed E-state index contributed by atoms with van der Waals surface area (Å²) in [7, 11) is 1.68. The van der Waals surface area contributed by atoms with Gasteiger partial charge in [-0.15, -0.1) is 0 Å². The highest BCUT2D eigenvalue weighted by atomic mass is 16.5. The Labute approximate surface area is 120 Å². The number of methoxy groups -OCH3 is 1. The van der Waals surface area contributed by atoms with Crippen molar-refractivity contribution < 1.29 is 14.3 Å². The van der Waals surface area contributed by atoms with Crippen molar-refractivity contribution in [3.63, 3.8) is 0 Å². The third-order valence-electron chi connectivity index (χ3n) is 3.85. The van der Waals surface area contributed by atoms with E-state index in [1.165, 1.54) is 5.56 Å². The van der Waals surface area contributed by atoms with Crippen molar-refractivity contribution in [2.24, 2.45) is 0 Å². The molecule has 2 rings (SSSR count). The second-order valence-corrected chi connectivity index (χ2v) is 5.28. The summed E-state index contributed by atoms with van der Waals surface area (Å²) >= 11 is 0. The smallest absolute Gasteiger partial charge is 0.322 e. The lowest BCUT2D eigenvalue weighted by molar-refractivity contribution is -0.145. The van der Waals surface area contributed by atoms with Crippen LogP contribution in [0.25, 0.3) is 0 Å². The van der Waals surface area contributed by atoms with E-state index < -0.39 is 0 Å². The molecule has 1 aromatic rings. The lowest BCUT2D eigenvalue weighted by Gasteiger charge is -2.37. The number of hydrogen-bond acceptors (Lipinski definition) is 4. The molecule has 4 heteroatoms. The molecule has 0 aromatic heterocycles. The van der Waals surface area contributed by atoms with Crippen LogP contribution >= 0.6 is 0 Å². The van der Waals surface area contributed by atoms with Crippen molar-refractivity contribution >= 4 is 5.97 Å². The Morgan fingerprint density at radius 2 is 2.00 bits per heavy atom. The number of benzene rings is 1. The van der Waals surface area contributed by atoms with Gasteiger partial charge in [0.1, 0.15) is 11.8 Å². The number of nitrogens with one attached hydrogen (secondary N) is 1. The van der Waals surface area contributed by atoms with E-state index in [9.17, 15) is 4.79 Å². The van der Waals surface area contributed by atoms with Crippen LogP contribution in [0.3, 0.4) is 0 Å². The molecule has 1 aliphatic rings. The van der Waals surface area contributed by atoms with Crippen molar-refractivity contribution in [3.8, 4) is 5.75 Å². The van der Waals surface area contributed by atoms with Gasteiger partial charge in [0.2, 0.25) is 0 Å². The summed E-state index contributed by atoms with van der Waals surface area (Å²) in [4.78, 5) is 11.5. The first-order valence-corrected chi connectivity index (χ1v) is 7.20. The van der Waals surface area contributed by atoms with Crippen molar-refractivity contribution in [2.75, 3.05) is 13.7 Å². The van der Waals surface area contributed by atoms with Gasteiger partial charge < -0.3 is 14.8 Å².